The van der Waals surface area contributed by atoms with Crippen LogP contribution in [-0.4, -0.2) is 10.2 Å². The third-order valence-electron chi connectivity index (χ3n) is 4.14. The Kier molecular flexibility index (Phi) is 2.46. The Bertz CT molecular complexity index is 278. The molecule has 0 N–H and O–H groups in total. The lowest BCUT2D eigenvalue weighted by Gasteiger charge is -2.54. The van der Waals surface area contributed by atoms with Gasteiger partial charge in [-0.2, -0.15) is 10.2 Å². The molecule has 86 valence electrons. The molecular formula is C12H22N2S. The average molecular weight is 226 g/mol. The van der Waals surface area contributed by atoms with Crippen molar-refractivity contribution in [2.45, 2.75) is 64.1 Å². The summed E-state index contributed by atoms with van der Waals surface area (Å²) in [4.78, 5) is 0.0116. The van der Waals surface area contributed by atoms with Gasteiger partial charge in [0.1, 0.15) is 10.2 Å². The highest BCUT2D eigenvalue weighted by atomic mass is 32.2. The summed E-state index contributed by atoms with van der Waals surface area (Å²) in [6.07, 6.45) is 3.87. The maximum atomic E-state index is 4.70. The zero-order chi connectivity index (χ0) is 11.3. The van der Waals surface area contributed by atoms with Gasteiger partial charge in [-0.15, -0.1) is 11.8 Å². The first-order valence-electron chi connectivity index (χ1n) is 5.91. The normalized spacial score (nSPS) is 35.9. The number of rotatable bonds is 0. The van der Waals surface area contributed by atoms with Gasteiger partial charge in [0.15, 0.2) is 0 Å². The quantitative estimate of drug-likeness (QED) is 0.598. The van der Waals surface area contributed by atoms with Crippen LogP contribution in [0, 0.1) is 10.8 Å². The van der Waals surface area contributed by atoms with Crippen LogP contribution < -0.4 is 0 Å². The highest BCUT2D eigenvalue weighted by Crippen LogP contribution is 2.64. The Balaban J connectivity index is 2.43. The van der Waals surface area contributed by atoms with Crippen molar-refractivity contribution in [1.29, 1.82) is 0 Å². The van der Waals surface area contributed by atoms with Crippen LogP contribution in [0.15, 0.2) is 10.2 Å². The molecule has 0 aromatic heterocycles. The van der Waals surface area contributed by atoms with Gasteiger partial charge in [-0.1, -0.05) is 34.1 Å². The summed E-state index contributed by atoms with van der Waals surface area (Å²) >= 11 is 1.97. The molecule has 0 bridgehead atoms. The van der Waals surface area contributed by atoms with E-state index in [-0.39, 0.29) is 15.7 Å². The fraction of sp³-hybridized carbons (Fsp3) is 1.00. The highest BCUT2D eigenvalue weighted by Gasteiger charge is 2.60. The summed E-state index contributed by atoms with van der Waals surface area (Å²) in [7, 11) is 0. The minimum absolute atomic E-state index is 0.0116. The molecule has 1 fully saturated rings. The van der Waals surface area contributed by atoms with E-state index in [0.29, 0.717) is 5.37 Å². The zero-order valence-corrected chi connectivity index (χ0v) is 11.3. The molecule has 0 aromatic carbocycles. The van der Waals surface area contributed by atoms with Crippen LogP contribution in [0.3, 0.4) is 0 Å². The van der Waals surface area contributed by atoms with Crippen molar-refractivity contribution in [2.75, 3.05) is 0 Å². The maximum absolute atomic E-state index is 4.70. The lowest BCUT2D eigenvalue weighted by atomic mass is 9.61. The SMILES string of the molecule is CC1N=NC2(S1)C(C)(C)CCCC2(C)C. The molecule has 1 atom stereocenters. The van der Waals surface area contributed by atoms with E-state index in [4.69, 9.17) is 5.11 Å². The number of nitrogens with zero attached hydrogens (tertiary/aromatic N) is 2. The molecule has 0 aromatic rings. The van der Waals surface area contributed by atoms with Crippen molar-refractivity contribution in [2.24, 2.45) is 21.1 Å². The van der Waals surface area contributed by atoms with Crippen molar-refractivity contribution >= 4 is 11.8 Å². The van der Waals surface area contributed by atoms with Gasteiger partial charge >= 0.3 is 0 Å². The minimum atomic E-state index is 0.0116. The molecule has 1 heterocycles. The Morgan fingerprint density at radius 1 is 1.07 bits per heavy atom. The van der Waals surface area contributed by atoms with E-state index >= 15 is 0 Å². The van der Waals surface area contributed by atoms with Gasteiger partial charge in [-0.05, 0) is 19.8 Å². The van der Waals surface area contributed by atoms with Crippen molar-refractivity contribution < 1.29 is 0 Å². The molecule has 0 radical (unpaired) electrons. The van der Waals surface area contributed by atoms with E-state index in [1.807, 2.05) is 11.8 Å². The fourth-order valence-electron chi connectivity index (χ4n) is 3.27. The van der Waals surface area contributed by atoms with E-state index in [1.54, 1.807) is 0 Å². The van der Waals surface area contributed by atoms with Gasteiger partial charge in [0.05, 0.1) is 0 Å². The van der Waals surface area contributed by atoms with Crippen LogP contribution >= 0.6 is 11.8 Å². The lowest BCUT2D eigenvalue weighted by molar-refractivity contribution is 0.0511. The molecule has 2 aliphatic rings. The number of hydrogen-bond donors (Lipinski definition) is 0. The molecule has 3 heteroatoms. The summed E-state index contributed by atoms with van der Waals surface area (Å²) in [5.41, 5.74) is 0.543. The monoisotopic (exact) mass is 226 g/mol. The summed E-state index contributed by atoms with van der Waals surface area (Å²) in [5.74, 6) is 0. The molecule has 15 heavy (non-hydrogen) atoms. The second-order valence-electron chi connectivity index (χ2n) is 6.20. The first kappa shape index (κ1) is 11.4. The van der Waals surface area contributed by atoms with Crippen LogP contribution in [0.25, 0.3) is 0 Å². The summed E-state index contributed by atoms with van der Waals surface area (Å²) < 4.78 is 0. The topological polar surface area (TPSA) is 24.7 Å². The Hall–Kier alpha value is -0.0500. The summed E-state index contributed by atoms with van der Waals surface area (Å²) in [6.45, 7) is 11.6. The van der Waals surface area contributed by atoms with E-state index in [9.17, 15) is 0 Å². The predicted octanol–water partition coefficient (Wildman–Crippen LogP) is 4.46. The van der Waals surface area contributed by atoms with E-state index < -0.39 is 0 Å². The molecular weight excluding hydrogens is 204 g/mol. The molecule has 0 amide bonds. The molecule has 2 rings (SSSR count). The lowest BCUT2D eigenvalue weighted by Crippen LogP contribution is -2.53. The van der Waals surface area contributed by atoms with Gasteiger partial charge in [-0.25, -0.2) is 0 Å². The average Bonchev–Trinajstić information content (AvgIpc) is 2.46. The fourth-order valence-corrected chi connectivity index (χ4v) is 4.80. The molecule has 1 aliphatic heterocycles. The van der Waals surface area contributed by atoms with Gasteiger partial charge in [0, 0.05) is 10.8 Å². The van der Waals surface area contributed by atoms with Crippen LogP contribution in [0.2, 0.25) is 0 Å². The first-order chi connectivity index (χ1) is 6.81. The van der Waals surface area contributed by atoms with Crippen LogP contribution in [0.4, 0.5) is 0 Å². The molecule has 1 unspecified atom stereocenters. The third kappa shape index (κ3) is 1.46. The van der Waals surface area contributed by atoms with Gasteiger partial charge in [0.25, 0.3) is 0 Å². The van der Waals surface area contributed by atoms with E-state index in [1.165, 1.54) is 19.3 Å². The molecule has 1 saturated carbocycles. The molecule has 2 nitrogen and oxygen atoms in total. The largest absolute Gasteiger partial charge is 0.179 e. The number of azo groups is 1. The van der Waals surface area contributed by atoms with Crippen molar-refractivity contribution in [3.8, 4) is 0 Å². The standard InChI is InChI=1S/C12H22N2S/c1-9-13-14-12(15-9)10(2,3)7-6-8-11(12,4)5/h9H,6-8H2,1-5H3. The van der Waals surface area contributed by atoms with Gasteiger partial charge in [-0.3, -0.25) is 0 Å². The Morgan fingerprint density at radius 3 is 2.00 bits per heavy atom. The third-order valence-corrected chi connectivity index (χ3v) is 6.10. The van der Waals surface area contributed by atoms with Crippen LogP contribution in [0.5, 0.6) is 0 Å². The molecule has 1 spiro atoms. The second kappa shape index (κ2) is 3.22. The number of hydrogen-bond acceptors (Lipinski definition) is 3. The van der Waals surface area contributed by atoms with Crippen LogP contribution in [0.1, 0.15) is 53.9 Å². The number of thioether (sulfide) groups is 1. The smallest absolute Gasteiger partial charge is 0.139 e. The van der Waals surface area contributed by atoms with Crippen LogP contribution in [-0.2, 0) is 0 Å². The summed E-state index contributed by atoms with van der Waals surface area (Å²) in [6, 6.07) is 0. The second-order valence-corrected chi connectivity index (χ2v) is 7.71. The minimum Gasteiger partial charge on any atom is -0.179 e. The van der Waals surface area contributed by atoms with E-state index in [2.05, 4.69) is 39.7 Å². The van der Waals surface area contributed by atoms with E-state index in [0.717, 1.165) is 0 Å². The van der Waals surface area contributed by atoms with Gasteiger partial charge in [0.2, 0.25) is 0 Å². The maximum Gasteiger partial charge on any atom is 0.139 e. The van der Waals surface area contributed by atoms with Gasteiger partial charge < -0.3 is 0 Å². The molecule has 0 saturated heterocycles. The Labute approximate surface area is 97.3 Å². The zero-order valence-electron chi connectivity index (χ0n) is 10.5. The van der Waals surface area contributed by atoms with Crippen molar-refractivity contribution in [3.63, 3.8) is 0 Å². The van der Waals surface area contributed by atoms with Crippen molar-refractivity contribution in [1.82, 2.24) is 0 Å². The first-order valence-corrected chi connectivity index (χ1v) is 6.79. The Morgan fingerprint density at radius 2 is 1.60 bits per heavy atom. The molecule has 1 aliphatic carbocycles. The highest BCUT2D eigenvalue weighted by molar-refractivity contribution is 8.01. The van der Waals surface area contributed by atoms with Crippen molar-refractivity contribution in [3.05, 3.63) is 0 Å². The predicted molar refractivity (Wildman–Crippen MR) is 66.1 cm³/mol. The summed E-state index contributed by atoms with van der Waals surface area (Å²) in [5, 5.41) is 9.43.